The van der Waals surface area contributed by atoms with Gasteiger partial charge in [0.1, 0.15) is 0 Å². The number of carbonyl (C=O) groups is 3. The van der Waals surface area contributed by atoms with E-state index in [2.05, 4.69) is 10.2 Å². The number of likely N-dealkylation sites (N-methyl/N-ethyl adjacent to an activating group) is 1. The summed E-state index contributed by atoms with van der Waals surface area (Å²) in [6.07, 6.45) is 1.18. The summed E-state index contributed by atoms with van der Waals surface area (Å²) in [5, 5.41) is 3.10. The van der Waals surface area contributed by atoms with Gasteiger partial charge in [0.25, 0.3) is 15.9 Å². The monoisotopic (exact) mass is 687 g/mol. The SMILES string of the molecule is CN1CCN(C(=O)C2CCN(C(=O)CNC(=O)c3ccc(S(=O)(=O)N(Oc4ccc(Cl)cc4Cl)c4ccccc4)cc3)CC2)CC1. The molecule has 14 heteroatoms. The predicted molar refractivity (Wildman–Crippen MR) is 175 cm³/mol. The van der Waals surface area contributed by atoms with Crippen LogP contribution in [0.25, 0.3) is 0 Å². The van der Waals surface area contributed by atoms with Gasteiger partial charge in [-0.25, -0.2) is 0 Å². The molecule has 0 bridgehead atoms. The molecule has 0 aromatic heterocycles. The van der Waals surface area contributed by atoms with Crippen molar-refractivity contribution in [1.82, 2.24) is 20.0 Å². The van der Waals surface area contributed by atoms with Gasteiger partial charge in [0.15, 0.2) is 5.75 Å². The first-order chi connectivity index (χ1) is 22.0. The molecule has 2 saturated heterocycles. The summed E-state index contributed by atoms with van der Waals surface area (Å²) in [6.45, 7) is 3.87. The first-order valence-electron chi connectivity index (χ1n) is 14.9. The fourth-order valence-corrected chi connectivity index (χ4v) is 7.03. The normalized spacial score (nSPS) is 16.2. The molecular formula is C32H35Cl2N5O6S. The largest absolute Gasteiger partial charge is 0.363 e. The zero-order valence-electron chi connectivity index (χ0n) is 25.3. The summed E-state index contributed by atoms with van der Waals surface area (Å²) in [5.41, 5.74) is 0.401. The number of hydrogen-bond acceptors (Lipinski definition) is 7. The topological polar surface area (TPSA) is 120 Å². The molecule has 3 aromatic rings. The average molecular weight is 689 g/mol. The number of piperidine rings is 1. The molecule has 0 saturated carbocycles. The van der Waals surface area contributed by atoms with Crippen LogP contribution in [0.5, 0.6) is 5.75 Å². The first kappa shape index (κ1) is 33.5. The third-order valence-corrected chi connectivity index (χ3v) is 10.2. The molecule has 46 heavy (non-hydrogen) atoms. The Labute approximate surface area is 278 Å². The summed E-state index contributed by atoms with van der Waals surface area (Å²) in [5.74, 6) is -0.629. The van der Waals surface area contributed by atoms with E-state index in [9.17, 15) is 22.8 Å². The van der Waals surface area contributed by atoms with Gasteiger partial charge in [0.05, 0.1) is 22.2 Å². The van der Waals surface area contributed by atoms with E-state index in [1.165, 1.54) is 42.5 Å². The van der Waals surface area contributed by atoms with Crippen molar-refractivity contribution in [3.8, 4) is 5.75 Å². The molecule has 11 nitrogen and oxygen atoms in total. The highest BCUT2D eigenvalue weighted by atomic mass is 35.5. The predicted octanol–water partition coefficient (Wildman–Crippen LogP) is 3.93. The molecule has 5 rings (SSSR count). The van der Waals surface area contributed by atoms with Crippen molar-refractivity contribution < 1.29 is 27.6 Å². The molecule has 3 aromatic carbocycles. The van der Waals surface area contributed by atoms with Crippen LogP contribution in [0.3, 0.4) is 0 Å². The van der Waals surface area contributed by atoms with E-state index in [4.69, 9.17) is 28.0 Å². The number of rotatable bonds is 9. The Hall–Kier alpha value is -3.84. The Morgan fingerprint density at radius 2 is 1.52 bits per heavy atom. The summed E-state index contributed by atoms with van der Waals surface area (Å²) in [6, 6.07) is 17.9. The van der Waals surface area contributed by atoms with Crippen molar-refractivity contribution >= 4 is 56.6 Å². The number of amides is 3. The highest BCUT2D eigenvalue weighted by molar-refractivity contribution is 7.92. The second kappa shape index (κ2) is 14.7. The second-order valence-corrected chi connectivity index (χ2v) is 13.8. The smallest absolute Gasteiger partial charge is 0.295 e. The molecule has 2 aliphatic heterocycles. The van der Waals surface area contributed by atoms with Crippen LogP contribution in [0.1, 0.15) is 23.2 Å². The molecule has 0 aliphatic carbocycles. The van der Waals surface area contributed by atoms with Crippen LogP contribution >= 0.6 is 23.2 Å². The number of benzene rings is 3. The molecular weight excluding hydrogens is 653 g/mol. The maximum absolute atomic E-state index is 13.7. The fourth-order valence-electron chi connectivity index (χ4n) is 5.33. The van der Waals surface area contributed by atoms with E-state index in [-0.39, 0.29) is 51.2 Å². The van der Waals surface area contributed by atoms with Crippen LogP contribution in [0.15, 0.2) is 77.7 Å². The zero-order chi connectivity index (χ0) is 32.8. The number of carbonyl (C=O) groups excluding carboxylic acids is 3. The lowest BCUT2D eigenvalue weighted by atomic mass is 9.95. The van der Waals surface area contributed by atoms with Gasteiger partial charge in [0.2, 0.25) is 11.8 Å². The van der Waals surface area contributed by atoms with Crippen LogP contribution in [0.4, 0.5) is 5.69 Å². The number of para-hydroxylation sites is 1. The molecule has 0 spiro atoms. The number of piperazine rings is 1. The van der Waals surface area contributed by atoms with Gasteiger partial charge in [0, 0.05) is 55.8 Å². The lowest BCUT2D eigenvalue weighted by Crippen LogP contribution is -2.51. The van der Waals surface area contributed by atoms with Gasteiger partial charge in [-0.1, -0.05) is 45.9 Å². The number of nitrogens with one attached hydrogen (secondary N) is 1. The number of halogens is 2. The molecule has 2 fully saturated rings. The van der Waals surface area contributed by atoms with E-state index < -0.39 is 15.9 Å². The van der Waals surface area contributed by atoms with Crippen molar-refractivity contribution in [2.45, 2.75) is 17.7 Å². The van der Waals surface area contributed by atoms with Crippen LogP contribution in [0.2, 0.25) is 10.0 Å². The quantitative estimate of drug-likeness (QED) is 0.339. The zero-order valence-corrected chi connectivity index (χ0v) is 27.6. The summed E-state index contributed by atoms with van der Waals surface area (Å²) < 4.78 is 28.2. The van der Waals surface area contributed by atoms with Crippen molar-refractivity contribution in [3.05, 3.63) is 88.4 Å². The second-order valence-electron chi connectivity index (χ2n) is 11.2. The van der Waals surface area contributed by atoms with Crippen LogP contribution in [-0.4, -0.2) is 93.7 Å². The number of likely N-dealkylation sites (tertiary alicyclic amines) is 1. The standard InChI is InChI=1S/C32H35Cl2N5O6S/c1-36-17-19-38(20-18-36)32(42)24-13-15-37(16-14-24)30(40)22-35-31(41)23-7-10-27(11-8-23)46(43,44)39(26-5-3-2-4-6-26)45-29-12-9-25(33)21-28(29)34/h2-12,21,24H,13-20,22H2,1H3,(H,35,41). The van der Waals surface area contributed by atoms with Gasteiger partial charge in [-0.2, -0.15) is 8.42 Å². The van der Waals surface area contributed by atoms with E-state index >= 15 is 0 Å². The lowest BCUT2D eigenvalue weighted by molar-refractivity contribution is -0.141. The highest BCUT2D eigenvalue weighted by Crippen LogP contribution is 2.32. The van der Waals surface area contributed by atoms with Crippen molar-refractivity contribution in [1.29, 1.82) is 0 Å². The Balaban J connectivity index is 1.18. The Kier molecular flexibility index (Phi) is 10.7. The molecule has 2 aliphatic rings. The van der Waals surface area contributed by atoms with Crippen LogP contribution in [0, 0.1) is 5.92 Å². The molecule has 3 amide bonds. The minimum Gasteiger partial charge on any atom is -0.363 e. The van der Waals surface area contributed by atoms with Crippen molar-refractivity contribution in [2.75, 3.05) is 57.3 Å². The van der Waals surface area contributed by atoms with E-state index in [1.807, 2.05) is 11.9 Å². The number of sulfonamides is 1. The number of nitrogens with zero attached hydrogens (tertiary/aromatic N) is 4. The Bertz CT molecular complexity index is 1660. The number of hydrogen-bond donors (Lipinski definition) is 1. The van der Waals surface area contributed by atoms with Gasteiger partial charge in [-0.05, 0) is 74.5 Å². The molecule has 0 unspecified atom stereocenters. The average Bonchev–Trinajstić information content (AvgIpc) is 3.07. The Morgan fingerprint density at radius 1 is 0.870 bits per heavy atom. The summed E-state index contributed by atoms with van der Waals surface area (Å²) in [7, 11) is -2.24. The summed E-state index contributed by atoms with van der Waals surface area (Å²) >= 11 is 12.2. The van der Waals surface area contributed by atoms with E-state index in [0.717, 1.165) is 30.6 Å². The highest BCUT2D eigenvalue weighted by Gasteiger charge is 2.32. The van der Waals surface area contributed by atoms with Gasteiger partial charge in [-0.15, -0.1) is 0 Å². The van der Waals surface area contributed by atoms with E-state index in [1.54, 1.807) is 35.2 Å². The third kappa shape index (κ3) is 7.92. The summed E-state index contributed by atoms with van der Waals surface area (Å²) in [4.78, 5) is 50.0. The fraction of sp³-hybridized carbons (Fsp3) is 0.344. The Morgan fingerprint density at radius 3 is 2.15 bits per heavy atom. The molecule has 1 N–H and O–H groups in total. The lowest BCUT2D eigenvalue weighted by Gasteiger charge is -2.37. The maximum atomic E-state index is 13.7. The van der Waals surface area contributed by atoms with E-state index in [0.29, 0.717) is 31.0 Å². The third-order valence-electron chi connectivity index (χ3n) is 8.09. The van der Waals surface area contributed by atoms with Crippen LogP contribution < -0.4 is 14.6 Å². The molecule has 2 heterocycles. The van der Waals surface area contributed by atoms with Gasteiger partial charge < -0.3 is 24.9 Å². The number of anilines is 1. The maximum Gasteiger partial charge on any atom is 0.295 e. The molecule has 0 atom stereocenters. The van der Waals surface area contributed by atoms with Gasteiger partial charge >= 0.3 is 0 Å². The molecule has 244 valence electrons. The van der Waals surface area contributed by atoms with Crippen molar-refractivity contribution in [3.63, 3.8) is 0 Å². The van der Waals surface area contributed by atoms with Crippen LogP contribution in [-0.2, 0) is 19.6 Å². The molecule has 0 radical (unpaired) electrons. The minimum absolute atomic E-state index is 0.0741. The van der Waals surface area contributed by atoms with Crippen molar-refractivity contribution in [2.24, 2.45) is 5.92 Å². The first-order valence-corrected chi connectivity index (χ1v) is 17.1. The minimum atomic E-state index is -4.28. The van der Waals surface area contributed by atoms with Gasteiger partial charge in [-0.3, -0.25) is 14.4 Å².